The molecule has 0 heterocycles. The summed E-state index contributed by atoms with van der Waals surface area (Å²) in [5.41, 5.74) is 0. The van der Waals surface area contributed by atoms with Crippen molar-refractivity contribution in [3.8, 4) is 0 Å². The van der Waals surface area contributed by atoms with Crippen molar-refractivity contribution in [3.05, 3.63) is 6.42 Å². The highest BCUT2D eigenvalue weighted by Gasteiger charge is 2.07. The van der Waals surface area contributed by atoms with Crippen LogP contribution in [0.2, 0.25) is 0 Å². The van der Waals surface area contributed by atoms with E-state index in [2.05, 4.69) is 48.0 Å². The van der Waals surface area contributed by atoms with E-state index < -0.39 is 0 Å². The zero-order valence-electron chi connectivity index (χ0n) is 14.5. The highest BCUT2D eigenvalue weighted by atomic mass is 14.1. The summed E-state index contributed by atoms with van der Waals surface area (Å²) in [6, 6.07) is 0. The normalized spacial score (nSPS) is 15.2. The van der Waals surface area contributed by atoms with Crippen molar-refractivity contribution in [2.24, 2.45) is 23.7 Å². The van der Waals surface area contributed by atoms with Crippen molar-refractivity contribution in [2.45, 2.75) is 92.9 Å². The molecule has 115 valence electrons. The third kappa shape index (κ3) is 14.2. The van der Waals surface area contributed by atoms with Crippen molar-refractivity contribution in [3.63, 3.8) is 0 Å². The molecule has 0 N–H and O–H groups in total. The fraction of sp³-hybridized carbons (Fsp3) is 0.947. The van der Waals surface area contributed by atoms with E-state index in [9.17, 15) is 0 Å². The van der Waals surface area contributed by atoms with E-state index in [1.807, 2.05) is 0 Å². The largest absolute Gasteiger partial charge is 0.0628 e. The lowest BCUT2D eigenvalue weighted by Gasteiger charge is -2.15. The topological polar surface area (TPSA) is 0 Å². The SMILES string of the molecule is CC(C)CCCC(C)C[CH]CC(C)CCCC(C)C. The lowest BCUT2D eigenvalue weighted by molar-refractivity contribution is 0.423. The van der Waals surface area contributed by atoms with Crippen LogP contribution in [0, 0.1) is 30.1 Å². The molecule has 0 rings (SSSR count). The minimum atomic E-state index is 0.872. The molecule has 0 saturated carbocycles. The van der Waals surface area contributed by atoms with E-state index in [1.54, 1.807) is 0 Å². The molecule has 0 bridgehead atoms. The number of hydrogen-bond donors (Lipinski definition) is 0. The molecular formula is C19H39. The first-order chi connectivity index (χ1) is 8.91. The van der Waals surface area contributed by atoms with Crippen LogP contribution in [0.15, 0.2) is 0 Å². The standard InChI is InChI=1S/C19H39/c1-16(2)10-7-12-18(5)14-9-15-19(6)13-8-11-17(3)4/h9,16-19H,7-8,10-15H2,1-6H3. The zero-order chi connectivity index (χ0) is 14.7. The summed E-state index contributed by atoms with van der Waals surface area (Å²) in [7, 11) is 0. The van der Waals surface area contributed by atoms with Gasteiger partial charge in [-0.2, -0.15) is 0 Å². The molecule has 19 heavy (non-hydrogen) atoms. The van der Waals surface area contributed by atoms with Gasteiger partial charge in [-0.25, -0.2) is 0 Å². The summed E-state index contributed by atoms with van der Waals surface area (Å²) in [6.07, 6.45) is 13.7. The molecule has 0 heteroatoms. The Morgan fingerprint density at radius 2 is 0.947 bits per heavy atom. The molecule has 0 aromatic carbocycles. The molecule has 0 aliphatic carbocycles. The highest BCUT2D eigenvalue weighted by molar-refractivity contribution is 4.72. The van der Waals surface area contributed by atoms with E-state index in [0.29, 0.717) is 0 Å². The van der Waals surface area contributed by atoms with E-state index >= 15 is 0 Å². The quantitative estimate of drug-likeness (QED) is 0.361. The molecule has 0 aromatic rings. The van der Waals surface area contributed by atoms with Crippen molar-refractivity contribution in [1.29, 1.82) is 0 Å². The van der Waals surface area contributed by atoms with Gasteiger partial charge in [0.2, 0.25) is 0 Å². The maximum absolute atomic E-state index is 2.56. The van der Waals surface area contributed by atoms with Gasteiger partial charge < -0.3 is 0 Å². The average molecular weight is 268 g/mol. The third-order valence-electron chi connectivity index (χ3n) is 4.09. The monoisotopic (exact) mass is 267 g/mol. The maximum atomic E-state index is 2.56. The molecule has 0 fully saturated rings. The molecule has 2 atom stereocenters. The first-order valence-electron chi connectivity index (χ1n) is 8.73. The number of rotatable bonds is 12. The van der Waals surface area contributed by atoms with Crippen LogP contribution in [0.3, 0.4) is 0 Å². The van der Waals surface area contributed by atoms with Crippen molar-refractivity contribution in [1.82, 2.24) is 0 Å². The van der Waals surface area contributed by atoms with Gasteiger partial charge in [-0.3, -0.25) is 0 Å². The van der Waals surface area contributed by atoms with Gasteiger partial charge in [0, 0.05) is 0 Å². The molecule has 0 aliphatic heterocycles. The molecule has 0 aromatic heterocycles. The second kappa shape index (κ2) is 11.8. The lowest BCUT2D eigenvalue weighted by Crippen LogP contribution is -2.01. The van der Waals surface area contributed by atoms with Gasteiger partial charge in [-0.05, 0) is 42.9 Å². The summed E-state index contributed by atoms with van der Waals surface area (Å²) in [5.74, 6) is 3.53. The lowest BCUT2D eigenvalue weighted by atomic mass is 9.91. The summed E-state index contributed by atoms with van der Waals surface area (Å²) in [6.45, 7) is 14.1. The van der Waals surface area contributed by atoms with Gasteiger partial charge >= 0.3 is 0 Å². The molecule has 2 unspecified atom stereocenters. The minimum Gasteiger partial charge on any atom is -0.0628 e. The Morgan fingerprint density at radius 3 is 1.26 bits per heavy atom. The van der Waals surface area contributed by atoms with Crippen LogP contribution in [0.5, 0.6) is 0 Å². The average Bonchev–Trinajstić information content (AvgIpc) is 2.27. The minimum absolute atomic E-state index is 0.872. The Morgan fingerprint density at radius 1 is 0.579 bits per heavy atom. The smallest absolute Gasteiger partial charge is 0.0381 e. The summed E-state index contributed by atoms with van der Waals surface area (Å²) < 4.78 is 0. The predicted octanol–water partition coefficient (Wildman–Crippen LogP) is 6.90. The second-order valence-electron chi connectivity index (χ2n) is 7.62. The van der Waals surface area contributed by atoms with Gasteiger partial charge in [0.1, 0.15) is 0 Å². The van der Waals surface area contributed by atoms with Crippen molar-refractivity contribution >= 4 is 0 Å². The van der Waals surface area contributed by atoms with E-state index in [1.165, 1.54) is 51.4 Å². The van der Waals surface area contributed by atoms with Crippen LogP contribution < -0.4 is 0 Å². The zero-order valence-corrected chi connectivity index (χ0v) is 14.5. The maximum Gasteiger partial charge on any atom is -0.0381 e. The van der Waals surface area contributed by atoms with Crippen LogP contribution in [-0.2, 0) is 0 Å². The Balaban J connectivity index is 3.40. The second-order valence-corrected chi connectivity index (χ2v) is 7.62. The fourth-order valence-electron chi connectivity index (χ4n) is 2.65. The fourth-order valence-corrected chi connectivity index (χ4v) is 2.65. The highest BCUT2D eigenvalue weighted by Crippen LogP contribution is 2.21. The van der Waals surface area contributed by atoms with Crippen LogP contribution in [-0.4, -0.2) is 0 Å². The van der Waals surface area contributed by atoms with E-state index in [4.69, 9.17) is 0 Å². The molecular weight excluding hydrogens is 228 g/mol. The van der Waals surface area contributed by atoms with Crippen LogP contribution in [0.1, 0.15) is 92.9 Å². The molecule has 0 saturated heterocycles. The Labute approximate surface area is 123 Å². The van der Waals surface area contributed by atoms with Crippen LogP contribution in [0.25, 0.3) is 0 Å². The van der Waals surface area contributed by atoms with E-state index in [0.717, 1.165) is 23.7 Å². The van der Waals surface area contributed by atoms with Gasteiger partial charge in [0.25, 0.3) is 0 Å². The van der Waals surface area contributed by atoms with Gasteiger partial charge in [-0.1, -0.05) is 80.1 Å². The molecule has 0 aliphatic rings. The van der Waals surface area contributed by atoms with Gasteiger partial charge in [-0.15, -0.1) is 0 Å². The third-order valence-corrected chi connectivity index (χ3v) is 4.09. The number of hydrogen-bond acceptors (Lipinski definition) is 0. The van der Waals surface area contributed by atoms with Gasteiger partial charge in [0.05, 0.1) is 0 Å². The first kappa shape index (κ1) is 19.0. The predicted molar refractivity (Wildman–Crippen MR) is 89.2 cm³/mol. The first-order valence-corrected chi connectivity index (χ1v) is 8.73. The Hall–Kier alpha value is 0. The molecule has 0 amide bonds. The van der Waals surface area contributed by atoms with Gasteiger partial charge in [0.15, 0.2) is 0 Å². The van der Waals surface area contributed by atoms with Crippen molar-refractivity contribution < 1.29 is 0 Å². The molecule has 1 radical (unpaired) electrons. The molecule has 0 spiro atoms. The van der Waals surface area contributed by atoms with Crippen LogP contribution >= 0.6 is 0 Å². The van der Waals surface area contributed by atoms with Crippen LogP contribution in [0.4, 0.5) is 0 Å². The summed E-state index contributed by atoms with van der Waals surface area (Å²) in [4.78, 5) is 0. The Bertz CT molecular complexity index is 160. The Kier molecular flexibility index (Phi) is 11.8. The summed E-state index contributed by atoms with van der Waals surface area (Å²) >= 11 is 0. The summed E-state index contributed by atoms with van der Waals surface area (Å²) in [5, 5.41) is 0. The van der Waals surface area contributed by atoms with Crippen molar-refractivity contribution in [2.75, 3.05) is 0 Å². The molecule has 0 nitrogen and oxygen atoms in total. The van der Waals surface area contributed by atoms with E-state index in [-0.39, 0.29) is 0 Å².